The van der Waals surface area contributed by atoms with E-state index in [4.69, 9.17) is 37.7 Å². The normalized spacial score (nSPS) is 14.5. The van der Waals surface area contributed by atoms with Crippen molar-refractivity contribution in [2.45, 2.75) is 45.8 Å². The molecule has 0 bridgehead atoms. The number of methoxy groups -OCH3 is 2. The summed E-state index contributed by atoms with van der Waals surface area (Å²) in [5, 5.41) is 10.4. The number of aromatic nitrogens is 2. The number of rotatable bonds is 13. The van der Waals surface area contributed by atoms with Crippen molar-refractivity contribution in [3.63, 3.8) is 0 Å². The number of nitrogens with one attached hydrogen (secondary N) is 3. The monoisotopic (exact) mass is 665 g/mol. The molecule has 1 atom stereocenters. The lowest BCUT2D eigenvalue weighted by atomic mass is 9.99. The first-order valence-electron chi connectivity index (χ1n) is 15.2. The zero-order valence-electron chi connectivity index (χ0n) is 26.3. The number of carbonyl (C=O) groups excluding carboxylic acids is 1. The molecule has 11 heteroatoms. The van der Waals surface area contributed by atoms with Crippen molar-refractivity contribution < 1.29 is 18.7 Å². The second-order valence-corrected chi connectivity index (χ2v) is 12.4. The predicted octanol–water partition coefficient (Wildman–Crippen LogP) is 7.05. The van der Waals surface area contributed by atoms with Gasteiger partial charge in [-0.2, -0.15) is 0 Å². The van der Waals surface area contributed by atoms with Crippen LogP contribution in [0.5, 0.6) is 11.6 Å². The summed E-state index contributed by atoms with van der Waals surface area (Å²) in [5.74, 6) is 1.01. The van der Waals surface area contributed by atoms with Crippen LogP contribution >= 0.6 is 23.2 Å². The van der Waals surface area contributed by atoms with E-state index in [2.05, 4.69) is 34.8 Å². The fourth-order valence-electron chi connectivity index (χ4n) is 5.52. The second-order valence-electron chi connectivity index (χ2n) is 11.7. The molecule has 0 spiro atoms. The number of pyridine rings is 2. The largest absolute Gasteiger partial charge is 0.496 e. The van der Waals surface area contributed by atoms with Crippen molar-refractivity contribution in [1.29, 1.82) is 0 Å². The molecule has 5 rings (SSSR count). The fraction of sp³-hybridized carbons (Fsp3) is 0.343. The number of hydrogen-bond acceptors (Lipinski definition) is 7. The Labute approximate surface area is 279 Å². The molecule has 8 nitrogen and oxygen atoms in total. The van der Waals surface area contributed by atoms with Crippen LogP contribution in [-0.2, 0) is 17.9 Å². The fourth-order valence-corrected chi connectivity index (χ4v) is 6.17. The molecule has 2 aromatic heterocycles. The lowest BCUT2D eigenvalue weighted by Gasteiger charge is -2.16. The first kappa shape index (κ1) is 33.6. The Hall–Kier alpha value is -3.76. The Morgan fingerprint density at radius 3 is 2.50 bits per heavy atom. The highest BCUT2D eigenvalue weighted by atomic mass is 35.5. The molecular formula is C35H38Cl2FN5O3. The lowest BCUT2D eigenvalue weighted by Crippen LogP contribution is -2.35. The first-order chi connectivity index (χ1) is 22.2. The summed E-state index contributed by atoms with van der Waals surface area (Å²) >= 11 is 14.0. The standard InChI is InChI=1S/C35H38Cl2FN5O3/c1-20(2)16-39-19-27-28(38)14-22(15-30(27)45-3)34-33(37)25(12-13-41-34)24-6-5-7-26(32(24)36)29-10-8-21(35(43-29)46-4)17-40-18-23-9-11-31(44)42-23/h5-8,10,12-15,20,23,39-40H,9,11,16-19H2,1-4H3,(H,42,44). The molecule has 4 aromatic rings. The van der Waals surface area contributed by atoms with E-state index >= 15 is 4.39 Å². The van der Waals surface area contributed by atoms with Gasteiger partial charge in [0.1, 0.15) is 11.6 Å². The summed E-state index contributed by atoms with van der Waals surface area (Å²) in [7, 11) is 3.10. The van der Waals surface area contributed by atoms with E-state index < -0.39 is 5.82 Å². The minimum absolute atomic E-state index is 0.0900. The molecule has 1 unspecified atom stereocenters. The Bertz CT molecular complexity index is 1720. The Balaban J connectivity index is 1.41. The molecule has 3 N–H and O–H groups in total. The average Bonchev–Trinajstić information content (AvgIpc) is 3.46. The molecule has 0 radical (unpaired) electrons. The van der Waals surface area contributed by atoms with E-state index in [-0.39, 0.29) is 11.9 Å². The predicted molar refractivity (Wildman–Crippen MR) is 181 cm³/mol. The van der Waals surface area contributed by atoms with E-state index in [0.29, 0.717) is 92.9 Å². The van der Waals surface area contributed by atoms with Crippen molar-refractivity contribution in [1.82, 2.24) is 25.9 Å². The zero-order valence-corrected chi connectivity index (χ0v) is 27.9. The van der Waals surface area contributed by atoms with Gasteiger partial charge >= 0.3 is 0 Å². The quantitative estimate of drug-likeness (QED) is 0.141. The third-order valence-corrected chi connectivity index (χ3v) is 8.67. The molecule has 0 aliphatic carbocycles. The van der Waals surface area contributed by atoms with Gasteiger partial charge in [-0.05, 0) is 43.1 Å². The van der Waals surface area contributed by atoms with Gasteiger partial charge in [-0.1, -0.05) is 61.3 Å². The van der Waals surface area contributed by atoms with Crippen LogP contribution in [0.1, 0.15) is 37.8 Å². The van der Waals surface area contributed by atoms with Crippen LogP contribution in [-0.4, -0.2) is 49.2 Å². The van der Waals surface area contributed by atoms with Crippen molar-refractivity contribution in [3.8, 4) is 45.3 Å². The number of amides is 1. The van der Waals surface area contributed by atoms with Gasteiger partial charge in [0, 0.05) is 71.7 Å². The number of nitrogens with zero attached hydrogens (tertiary/aromatic N) is 2. The van der Waals surface area contributed by atoms with Gasteiger partial charge in [0.2, 0.25) is 11.8 Å². The summed E-state index contributed by atoms with van der Waals surface area (Å²) in [5.41, 5.74) is 4.89. The molecule has 1 amide bonds. The SMILES string of the molecule is COc1cc(-c2nccc(-c3cccc(-c4ccc(CNCC5CCC(=O)N5)c(OC)n4)c3Cl)c2Cl)cc(F)c1CNCC(C)C. The van der Waals surface area contributed by atoms with Crippen molar-refractivity contribution in [3.05, 3.63) is 81.7 Å². The number of ether oxygens (including phenoxy) is 2. The van der Waals surface area contributed by atoms with Crippen LogP contribution in [0, 0.1) is 11.7 Å². The molecule has 1 saturated heterocycles. The maximum absolute atomic E-state index is 15.4. The van der Waals surface area contributed by atoms with Gasteiger partial charge in [-0.25, -0.2) is 9.37 Å². The van der Waals surface area contributed by atoms with Gasteiger partial charge < -0.3 is 25.4 Å². The highest BCUT2D eigenvalue weighted by Gasteiger charge is 2.22. The molecule has 3 heterocycles. The molecule has 242 valence electrons. The highest BCUT2D eigenvalue weighted by Crippen LogP contribution is 2.42. The van der Waals surface area contributed by atoms with Crippen LogP contribution in [0.15, 0.2) is 54.7 Å². The molecule has 2 aromatic carbocycles. The third kappa shape index (κ3) is 7.61. The minimum Gasteiger partial charge on any atom is -0.496 e. The first-order valence-corrected chi connectivity index (χ1v) is 16.0. The van der Waals surface area contributed by atoms with Crippen LogP contribution in [0.2, 0.25) is 10.0 Å². The van der Waals surface area contributed by atoms with E-state index in [1.54, 1.807) is 25.4 Å². The average molecular weight is 667 g/mol. The Kier molecular flexibility index (Phi) is 11.1. The number of benzene rings is 2. The van der Waals surface area contributed by atoms with Crippen molar-refractivity contribution in [2.75, 3.05) is 27.3 Å². The lowest BCUT2D eigenvalue weighted by molar-refractivity contribution is -0.119. The Morgan fingerprint density at radius 2 is 1.78 bits per heavy atom. The highest BCUT2D eigenvalue weighted by molar-refractivity contribution is 6.39. The molecule has 1 aliphatic heterocycles. The number of halogens is 3. The van der Waals surface area contributed by atoms with Gasteiger partial charge in [-0.15, -0.1) is 0 Å². The molecule has 0 saturated carbocycles. The van der Waals surface area contributed by atoms with Crippen LogP contribution in [0.4, 0.5) is 4.39 Å². The molecule has 46 heavy (non-hydrogen) atoms. The summed E-state index contributed by atoms with van der Waals surface area (Å²) in [6, 6.07) is 14.6. The van der Waals surface area contributed by atoms with Crippen molar-refractivity contribution >= 4 is 29.1 Å². The van der Waals surface area contributed by atoms with Gasteiger partial charge in [0.15, 0.2) is 0 Å². The molecular weight excluding hydrogens is 628 g/mol. The van der Waals surface area contributed by atoms with E-state index in [1.807, 2.05) is 30.3 Å². The van der Waals surface area contributed by atoms with Crippen LogP contribution < -0.4 is 25.4 Å². The van der Waals surface area contributed by atoms with Gasteiger partial charge in [0.25, 0.3) is 0 Å². The summed E-state index contributed by atoms with van der Waals surface area (Å²) in [4.78, 5) is 20.7. The van der Waals surface area contributed by atoms with E-state index in [9.17, 15) is 4.79 Å². The van der Waals surface area contributed by atoms with E-state index in [0.717, 1.165) is 18.5 Å². The van der Waals surface area contributed by atoms with Crippen LogP contribution in [0.3, 0.4) is 0 Å². The zero-order chi connectivity index (χ0) is 32.8. The molecule has 1 fully saturated rings. The third-order valence-electron chi connectivity index (χ3n) is 7.88. The van der Waals surface area contributed by atoms with E-state index in [1.165, 1.54) is 13.2 Å². The smallest absolute Gasteiger partial charge is 0.220 e. The van der Waals surface area contributed by atoms with Gasteiger partial charge in [0.05, 0.1) is 35.7 Å². The summed E-state index contributed by atoms with van der Waals surface area (Å²) in [6.45, 7) is 6.48. The molecule has 1 aliphatic rings. The number of hydrogen-bond donors (Lipinski definition) is 3. The number of carbonyl (C=O) groups is 1. The second kappa shape index (κ2) is 15.2. The maximum Gasteiger partial charge on any atom is 0.220 e. The van der Waals surface area contributed by atoms with Crippen molar-refractivity contribution in [2.24, 2.45) is 5.92 Å². The van der Waals surface area contributed by atoms with Gasteiger partial charge in [-0.3, -0.25) is 9.78 Å². The van der Waals surface area contributed by atoms with Crippen LogP contribution in [0.25, 0.3) is 33.6 Å². The summed E-state index contributed by atoms with van der Waals surface area (Å²) < 4.78 is 26.5. The topological polar surface area (TPSA) is 97.4 Å². The minimum atomic E-state index is -0.405. The summed E-state index contributed by atoms with van der Waals surface area (Å²) in [6.07, 6.45) is 3.02. The maximum atomic E-state index is 15.4. The Morgan fingerprint density at radius 1 is 1.00 bits per heavy atom.